The number of rotatable bonds is 11. The third kappa shape index (κ3) is 43.1. The molecule has 126 valence electrons. The highest BCUT2D eigenvalue weighted by atomic mass is 16.5. The fraction of sp³-hybridized carbons (Fsp3) is 1.00. The number of hydrogen-bond acceptors (Lipinski definition) is 7. The summed E-state index contributed by atoms with van der Waals surface area (Å²) in [5, 5.41) is 24.3. The van der Waals surface area contributed by atoms with Crippen LogP contribution in [0.4, 0.5) is 0 Å². The van der Waals surface area contributed by atoms with Gasteiger partial charge in [0.1, 0.15) is 0 Å². The van der Waals surface area contributed by atoms with Crippen LogP contribution in [0.15, 0.2) is 0 Å². The zero-order chi connectivity index (χ0) is 15.9. The summed E-state index contributed by atoms with van der Waals surface area (Å²) >= 11 is 0. The van der Waals surface area contributed by atoms with Crippen LogP contribution in [-0.2, 0) is 18.9 Å². The van der Waals surface area contributed by atoms with E-state index >= 15 is 0 Å². The summed E-state index contributed by atoms with van der Waals surface area (Å²) in [5.41, 5.74) is 0. The average Bonchev–Trinajstić information content (AvgIpc) is 2.47. The first-order valence-electron chi connectivity index (χ1n) is 6.79. The van der Waals surface area contributed by atoms with Gasteiger partial charge in [0.15, 0.2) is 0 Å². The van der Waals surface area contributed by atoms with Crippen molar-refractivity contribution < 1.29 is 34.3 Å². The van der Waals surface area contributed by atoms with Crippen LogP contribution in [0.1, 0.15) is 13.8 Å². The van der Waals surface area contributed by atoms with E-state index in [1.807, 2.05) is 13.8 Å². The number of ether oxygens (including phenoxy) is 4. The zero-order valence-electron chi connectivity index (χ0n) is 13.0. The minimum Gasteiger partial charge on any atom is -0.394 e. The average molecular weight is 300 g/mol. The van der Waals surface area contributed by atoms with Crippen molar-refractivity contribution in [3.63, 3.8) is 0 Å². The third-order valence-electron chi connectivity index (χ3n) is 1.55. The van der Waals surface area contributed by atoms with Crippen molar-refractivity contribution in [2.75, 3.05) is 73.2 Å². The summed E-state index contributed by atoms with van der Waals surface area (Å²) in [6, 6.07) is 0. The molecule has 0 aromatic heterocycles. The van der Waals surface area contributed by atoms with E-state index in [0.29, 0.717) is 39.6 Å². The lowest BCUT2D eigenvalue weighted by Crippen LogP contribution is -2.06. The maximum Gasteiger partial charge on any atom is 0.0701 e. The Morgan fingerprint density at radius 2 is 1.00 bits per heavy atom. The topological polar surface area (TPSA) is 97.6 Å². The molecule has 20 heavy (non-hydrogen) atoms. The molecule has 0 aromatic carbocycles. The third-order valence-corrected chi connectivity index (χ3v) is 1.55. The predicted molar refractivity (Wildman–Crippen MR) is 76.9 cm³/mol. The van der Waals surface area contributed by atoms with E-state index in [2.05, 4.69) is 4.74 Å². The second kappa shape index (κ2) is 31.2. The molecule has 0 aliphatic rings. The van der Waals surface area contributed by atoms with Gasteiger partial charge in [-0.15, -0.1) is 0 Å². The van der Waals surface area contributed by atoms with Gasteiger partial charge in [0.25, 0.3) is 0 Å². The molecule has 0 fully saturated rings. The molecule has 0 saturated carbocycles. The lowest BCUT2D eigenvalue weighted by atomic mass is 10.7. The molecule has 0 unspecified atom stereocenters. The Bertz CT molecular complexity index is 113. The number of hydrogen-bond donors (Lipinski definition) is 3. The molecular weight excluding hydrogens is 268 g/mol. The van der Waals surface area contributed by atoms with Crippen LogP contribution in [0.25, 0.3) is 0 Å². The van der Waals surface area contributed by atoms with Crippen molar-refractivity contribution in [3.8, 4) is 0 Å². The van der Waals surface area contributed by atoms with Gasteiger partial charge in [0.2, 0.25) is 0 Å². The fourth-order valence-corrected chi connectivity index (χ4v) is 0.729. The van der Waals surface area contributed by atoms with Gasteiger partial charge in [-0.05, 0) is 13.8 Å². The first-order chi connectivity index (χ1) is 9.74. The highest BCUT2D eigenvalue weighted by molar-refractivity contribution is 4.28. The maximum absolute atomic E-state index is 8.26. The second-order valence-corrected chi connectivity index (χ2v) is 3.17. The highest BCUT2D eigenvalue weighted by Crippen LogP contribution is 1.76. The Morgan fingerprint density at radius 1 is 0.600 bits per heavy atom. The minimum atomic E-state index is 0.0894. The molecule has 0 atom stereocenters. The van der Waals surface area contributed by atoms with E-state index in [0.717, 1.165) is 6.61 Å². The van der Waals surface area contributed by atoms with Gasteiger partial charge in [-0.2, -0.15) is 0 Å². The quantitative estimate of drug-likeness (QED) is 0.450. The Balaban J connectivity index is -0.000000230. The molecule has 0 aliphatic heterocycles. The van der Waals surface area contributed by atoms with Gasteiger partial charge >= 0.3 is 0 Å². The lowest BCUT2D eigenvalue weighted by molar-refractivity contribution is 0.0370. The van der Waals surface area contributed by atoms with E-state index in [1.54, 1.807) is 7.11 Å². The molecule has 3 N–H and O–H groups in total. The fourth-order valence-electron chi connectivity index (χ4n) is 0.729. The van der Waals surface area contributed by atoms with Crippen molar-refractivity contribution in [1.82, 2.24) is 0 Å². The molecule has 0 bridgehead atoms. The molecule has 0 rings (SSSR count). The maximum atomic E-state index is 8.26. The normalized spacial score (nSPS) is 9.30. The molecule has 0 amide bonds. The molecule has 0 saturated heterocycles. The molecule has 0 aliphatic carbocycles. The second-order valence-electron chi connectivity index (χ2n) is 3.17. The largest absolute Gasteiger partial charge is 0.394 e. The van der Waals surface area contributed by atoms with Crippen LogP contribution in [0, 0.1) is 0 Å². The first-order valence-corrected chi connectivity index (χ1v) is 6.79. The van der Waals surface area contributed by atoms with Crippen LogP contribution in [0.5, 0.6) is 0 Å². The van der Waals surface area contributed by atoms with Crippen molar-refractivity contribution in [1.29, 1.82) is 0 Å². The van der Waals surface area contributed by atoms with Crippen LogP contribution in [-0.4, -0.2) is 88.5 Å². The summed E-state index contributed by atoms with van der Waals surface area (Å²) < 4.78 is 19.1. The summed E-state index contributed by atoms with van der Waals surface area (Å²) in [6.45, 7) is 8.12. The lowest BCUT2D eigenvalue weighted by Gasteiger charge is -2.00. The molecule has 0 radical (unpaired) electrons. The molecule has 7 heteroatoms. The van der Waals surface area contributed by atoms with Crippen LogP contribution < -0.4 is 0 Å². The van der Waals surface area contributed by atoms with Gasteiger partial charge in [-0.3, -0.25) is 0 Å². The monoisotopic (exact) mass is 300 g/mol. The standard InChI is InChI=1S/C6H14O3.C4H10O2.C3H8O2/c1-2-8-5-6-9-4-3-7;1-2-6-4-3-5;1-5-3-2-4/h7H,2-6H2,1H3;5H,2-4H2,1H3;4H,2-3H2,1H3. The van der Waals surface area contributed by atoms with Crippen LogP contribution in [0.3, 0.4) is 0 Å². The molecule has 7 nitrogen and oxygen atoms in total. The van der Waals surface area contributed by atoms with E-state index < -0.39 is 0 Å². The molecular formula is C13H32O7. The van der Waals surface area contributed by atoms with Gasteiger partial charge in [0.05, 0.1) is 52.9 Å². The van der Waals surface area contributed by atoms with Crippen LogP contribution in [0.2, 0.25) is 0 Å². The van der Waals surface area contributed by atoms with Crippen molar-refractivity contribution in [3.05, 3.63) is 0 Å². The zero-order valence-corrected chi connectivity index (χ0v) is 13.0. The van der Waals surface area contributed by atoms with E-state index in [-0.39, 0.29) is 19.8 Å². The highest BCUT2D eigenvalue weighted by Gasteiger charge is 1.84. The predicted octanol–water partition coefficient (Wildman–Crippen LogP) is -0.328. The molecule has 0 aromatic rings. The molecule has 0 heterocycles. The summed E-state index contributed by atoms with van der Waals surface area (Å²) in [7, 11) is 1.55. The Hall–Kier alpha value is -0.280. The van der Waals surface area contributed by atoms with Crippen LogP contribution >= 0.6 is 0 Å². The van der Waals surface area contributed by atoms with Crippen molar-refractivity contribution in [2.45, 2.75) is 13.8 Å². The van der Waals surface area contributed by atoms with E-state index in [1.165, 1.54) is 0 Å². The smallest absolute Gasteiger partial charge is 0.0701 e. The first kappa shape index (κ1) is 24.7. The minimum absolute atomic E-state index is 0.0894. The van der Waals surface area contributed by atoms with E-state index in [4.69, 9.17) is 29.5 Å². The van der Waals surface area contributed by atoms with Gasteiger partial charge in [0, 0.05) is 20.3 Å². The number of aliphatic hydroxyl groups is 3. The Kier molecular flexibility index (Phi) is 38.6. The summed E-state index contributed by atoms with van der Waals surface area (Å²) in [4.78, 5) is 0. The summed E-state index contributed by atoms with van der Waals surface area (Å²) in [5.74, 6) is 0. The number of methoxy groups -OCH3 is 1. The summed E-state index contributed by atoms with van der Waals surface area (Å²) in [6.07, 6.45) is 0. The van der Waals surface area contributed by atoms with Crippen molar-refractivity contribution >= 4 is 0 Å². The Morgan fingerprint density at radius 3 is 1.30 bits per heavy atom. The van der Waals surface area contributed by atoms with Gasteiger partial charge in [-0.25, -0.2) is 0 Å². The molecule has 0 spiro atoms. The van der Waals surface area contributed by atoms with Gasteiger partial charge in [-0.1, -0.05) is 0 Å². The number of aliphatic hydroxyl groups excluding tert-OH is 3. The van der Waals surface area contributed by atoms with E-state index in [9.17, 15) is 0 Å². The SMILES string of the molecule is CCOCCO.CCOCCOCCO.COCCO. The van der Waals surface area contributed by atoms with Crippen molar-refractivity contribution in [2.24, 2.45) is 0 Å². The van der Waals surface area contributed by atoms with Gasteiger partial charge < -0.3 is 34.3 Å². The Labute approximate surface area is 122 Å².